The lowest BCUT2D eigenvalue weighted by Gasteiger charge is -2.39. The number of aliphatic carboxylic acids is 1. The van der Waals surface area contributed by atoms with Crippen molar-refractivity contribution in [1.29, 1.82) is 0 Å². The van der Waals surface area contributed by atoms with Gasteiger partial charge in [-0.3, -0.25) is 4.79 Å². The molecule has 1 aliphatic rings. The van der Waals surface area contributed by atoms with E-state index in [9.17, 15) is 14.7 Å². The van der Waals surface area contributed by atoms with Gasteiger partial charge in [-0.05, 0) is 33.6 Å². The van der Waals surface area contributed by atoms with Gasteiger partial charge in [0.25, 0.3) is 0 Å². The summed E-state index contributed by atoms with van der Waals surface area (Å²) in [6.45, 7) is 5.96. The molecule has 1 saturated heterocycles. The molecular weight excluding hydrogens is 258 g/mol. The number of likely N-dealkylation sites (tertiary alicyclic amines) is 1. The molecule has 0 aliphatic carbocycles. The van der Waals surface area contributed by atoms with E-state index >= 15 is 0 Å². The standard InChI is InChI=1S/C12H20ClNO4/c1-11(2,3)18-10(17)14-6-4-5-12(7-13,8-14)9(15)16/h4-8H2,1-3H3,(H,15,16)/t12-/m0/s1. The summed E-state index contributed by atoms with van der Waals surface area (Å²) in [6.07, 6.45) is 0.640. The summed E-state index contributed by atoms with van der Waals surface area (Å²) in [5, 5.41) is 9.26. The predicted octanol–water partition coefficient (Wildman–Crippen LogP) is 2.33. The largest absolute Gasteiger partial charge is 0.481 e. The summed E-state index contributed by atoms with van der Waals surface area (Å²) in [5.74, 6) is -0.951. The molecule has 0 aromatic rings. The quantitative estimate of drug-likeness (QED) is 0.787. The van der Waals surface area contributed by atoms with Gasteiger partial charge < -0.3 is 14.7 Å². The van der Waals surface area contributed by atoms with Gasteiger partial charge in [-0.1, -0.05) is 0 Å². The normalized spacial score (nSPS) is 24.8. The van der Waals surface area contributed by atoms with Crippen molar-refractivity contribution in [3.05, 3.63) is 0 Å². The maximum absolute atomic E-state index is 11.9. The number of halogens is 1. The topological polar surface area (TPSA) is 66.8 Å². The fraction of sp³-hybridized carbons (Fsp3) is 0.833. The molecule has 5 nitrogen and oxygen atoms in total. The molecule has 0 radical (unpaired) electrons. The van der Waals surface area contributed by atoms with Crippen LogP contribution in [0.5, 0.6) is 0 Å². The number of piperidine rings is 1. The Labute approximate surface area is 112 Å². The Morgan fingerprint density at radius 3 is 2.50 bits per heavy atom. The van der Waals surface area contributed by atoms with Crippen molar-refractivity contribution >= 4 is 23.7 Å². The molecule has 0 unspecified atom stereocenters. The molecule has 0 aromatic carbocycles. The van der Waals surface area contributed by atoms with Crippen LogP contribution in [0.2, 0.25) is 0 Å². The van der Waals surface area contributed by atoms with Crippen molar-refractivity contribution in [2.45, 2.75) is 39.2 Å². The molecule has 1 fully saturated rings. The first-order valence-corrected chi connectivity index (χ1v) is 6.51. The number of hydrogen-bond acceptors (Lipinski definition) is 3. The van der Waals surface area contributed by atoms with Gasteiger partial charge in [0, 0.05) is 19.0 Å². The molecule has 18 heavy (non-hydrogen) atoms. The highest BCUT2D eigenvalue weighted by Crippen LogP contribution is 2.32. The number of alkyl halides is 1. The van der Waals surface area contributed by atoms with Crippen LogP contribution in [0, 0.1) is 5.41 Å². The van der Waals surface area contributed by atoms with Gasteiger partial charge in [-0.15, -0.1) is 11.6 Å². The van der Waals surface area contributed by atoms with Crippen LogP contribution >= 0.6 is 11.6 Å². The third kappa shape index (κ3) is 3.51. The number of amides is 1. The van der Waals surface area contributed by atoms with Crippen molar-refractivity contribution in [1.82, 2.24) is 4.90 Å². The zero-order valence-electron chi connectivity index (χ0n) is 11.0. The van der Waals surface area contributed by atoms with Crippen molar-refractivity contribution in [3.8, 4) is 0 Å². The molecular formula is C12H20ClNO4. The highest BCUT2D eigenvalue weighted by molar-refractivity contribution is 6.19. The van der Waals surface area contributed by atoms with Crippen LogP contribution in [0.25, 0.3) is 0 Å². The lowest BCUT2D eigenvalue weighted by molar-refractivity contribution is -0.150. The molecule has 1 N–H and O–H groups in total. The molecule has 104 valence electrons. The number of nitrogens with zero attached hydrogens (tertiary/aromatic N) is 1. The summed E-state index contributed by atoms with van der Waals surface area (Å²) in [4.78, 5) is 24.6. The smallest absolute Gasteiger partial charge is 0.410 e. The Morgan fingerprint density at radius 1 is 1.44 bits per heavy atom. The second-order valence-electron chi connectivity index (χ2n) is 5.72. The van der Waals surface area contributed by atoms with E-state index in [0.29, 0.717) is 19.4 Å². The second-order valence-corrected chi connectivity index (χ2v) is 5.99. The van der Waals surface area contributed by atoms with Gasteiger partial charge in [0.2, 0.25) is 0 Å². The first-order chi connectivity index (χ1) is 8.20. The zero-order valence-corrected chi connectivity index (χ0v) is 11.8. The number of carboxylic acid groups (broad SMARTS) is 1. The summed E-state index contributed by atoms with van der Waals surface area (Å²) < 4.78 is 5.25. The molecule has 0 aromatic heterocycles. The molecule has 1 aliphatic heterocycles. The predicted molar refractivity (Wildman–Crippen MR) is 67.8 cm³/mol. The Hall–Kier alpha value is -0.970. The molecule has 0 saturated carbocycles. The summed E-state index contributed by atoms with van der Waals surface area (Å²) >= 11 is 5.78. The number of ether oxygens (including phenoxy) is 1. The molecule has 1 amide bonds. The number of hydrogen-bond donors (Lipinski definition) is 1. The van der Waals surface area contributed by atoms with E-state index < -0.39 is 23.1 Å². The van der Waals surface area contributed by atoms with Crippen LogP contribution in [-0.2, 0) is 9.53 Å². The summed E-state index contributed by atoms with van der Waals surface area (Å²) in [7, 11) is 0. The summed E-state index contributed by atoms with van der Waals surface area (Å²) in [6, 6.07) is 0. The van der Waals surface area contributed by atoms with Crippen molar-refractivity contribution in [2.75, 3.05) is 19.0 Å². The highest BCUT2D eigenvalue weighted by atomic mass is 35.5. The molecule has 1 atom stereocenters. The van der Waals surface area contributed by atoms with Crippen LogP contribution < -0.4 is 0 Å². The average Bonchev–Trinajstić information content (AvgIpc) is 2.26. The minimum absolute atomic E-state index is 0.00162. The molecule has 6 heteroatoms. The fourth-order valence-electron chi connectivity index (χ4n) is 1.95. The van der Waals surface area contributed by atoms with Crippen LogP contribution in [0.1, 0.15) is 33.6 Å². The molecule has 0 spiro atoms. The maximum Gasteiger partial charge on any atom is 0.410 e. The number of rotatable bonds is 2. The second kappa shape index (κ2) is 5.34. The number of carbonyl (C=O) groups excluding carboxylic acids is 1. The molecule has 0 bridgehead atoms. The molecule has 1 heterocycles. The van der Waals surface area contributed by atoms with E-state index in [4.69, 9.17) is 16.3 Å². The van der Waals surface area contributed by atoms with Crippen LogP contribution in [0.4, 0.5) is 4.79 Å². The number of carboxylic acids is 1. The van der Waals surface area contributed by atoms with Crippen LogP contribution in [0.15, 0.2) is 0 Å². The maximum atomic E-state index is 11.9. The van der Waals surface area contributed by atoms with E-state index in [1.807, 2.05) is 0 Å². The Morgan fingerprint density at radius 2 is 2.06 bits per heavy atom. The first-order valence-electron chi connectivity index (χ1n) is 5.97. The average molecular weight is 278 g/mol. The third-order valence-electron chi connectivity index (χ3n) is 2.94. The zero-order chi connectivity index (χ0) is 14.0. The Kier molecular flexibility index (Phi) is 4.48. The van der Waals surface area contributed by atoms with E-state index in [1.165, 1.54) is 4.90 Å². The Bertz CT molecular complexity index is 339. The van der Waals surface area contributed by atoms with Gasteiger partial charge in [-0.25, -0.2) is 4.79 Å². The van der Waals surface area contributed by atoms with E-state index in [-0.39, 0.29) is 12.4 Å². The lowest BCUT2D eigenvalue weighted by Crippen LogP contribution is -2.52. The third-order valence-corrected chi connectivity index (χ3v) is 3.45. The highest BCUT2D eigenvalue weighted by Gasteiger charge is 2.43. The van der Waals surface area contributed by atoms with E-state index in [2.05, 4.69) is 0 Å². The van der Waals surface area contributed by atoms with Gasteiger partial charge in [0.1, 0.15) is 5.60 Å². The van der Waals surface area contributed by atoms with Crippen molar-refractivity contribution in [2.24, 2.45) is 5.41 Å². The van der Waals surface area contributed by atoms with Gasteiger partial charge >= 0.3 is 12.1 Å². The van der Waals surface area contributed by atoms with Gasteiger partial charge in [0.15, 0.2) is 0 Å². The fourth-order valence-corrected chi connectivity index (χ4v) is 2.29. The van der Waals surface area contributed by atoms with Gasteiger partial charge in [-0.2, -0.15) is 0 Å². The van der Waals surface area contributed by atoms with Crippen LogP contribution in [-0.4, -0.2) is 46.6 Å². The van der Waals surface area contributed by atoms with Gasteiger partial charge in [0.05, 0.1) is 5.41 Å². The Balaban J connectivity index is 2.75. The SMILES string of the molecule is CC(C)(C)OC(=O)N1CCC[C@@](CCl)(C(=O)O)C1. The lowest BCUT2D eigenvalue weighted by atomic mass is 9.82. The van der Waals surface area contributed by atoms with Crippen molar-refractivity contribution < 1.29 is 19.4 Å². The van der Waals surface area contributed by atoms with Crippen molar-refractivity contribution in [3.63, 3.8) is 0 Å². The van der Waals surface area contributed by atoms with E-state index in [0.717, 1.165) is 0 Å². The minimum atomic E-state index is -1.04. The summed E-state index contributed by atoms with van der Waals surface area (Å²) in [5.41, 5.74) is -1.63. The monoisotopic (exact) mass is 277 g/mol. The van der Waals surface area contributed by atoms with Crippen LogP contribution in [0.3, 0.4) is 0 Å². The number of carbonyl (C=O) groups is 2. The first kappa shape index (κ1) is 15.1. The van der Waals surface area contributed by atoms with E-state index in [1.54, 1.807) is 20.8 Å². The molecule has 1 rings (SSSR count). The minimum Gasteiger partial charge on any atom is -0.481 e.